The SMILES string of the molecule is c1ccc(-c2ncc3n2CCCN3)nc1. The van der Waals surface area contributed by atoms with Crippen molar-refractivity contribution < 1.29 is 0 Å². The summed E-state index contributed by atoms with van der Waals surface area (Å²) in [6.45, 7) is 2.06. The van der Waals surface area contributed by atoms with Gasteiger partial charge in [0, 0.05) is 19.3 Å². The number of nitrogens with zero attached hydrogens (tertiary/aromatic N) is 3. The first-order chi connectivity index (χ1) is 7.45. The fraction of sp³-hybridized carbons (Fsp3) is 0.273. The highest BCUT2D eigenvalue weighted by atomic mass is 15.2. The highest BCUT2D eigenvalue weighted by molar-refractivity contribution is 5.55. The lowest BCUT2D eigenvalue weighted by molar-refractivity contribution is 0.635. The molecule has 0 fully saturated rings. The van der Waals surface area contributed by atoms with E-state index in [1.54, 1.807) is 6.20 Å². The van der Waals surface area contributed by atoms with E-state index < -0.39 is 0 Å². The molecular formula is C11H12N4. The predicted molar refractivity (Wildman–Crippen MR) is 58.6 cm³/mol. The van der Waals surface area contributed by atoms with E-state index in [-0.39, 0.29) is 0 Å². The van der Waals surface area contributed by atoms with E-state index in [1.807, 2.05) is 24.4 Å². The Morgan fingerprint density at radius 3 is 3.13 bits per heavy atom. The molecule has 3 heterocycles. The Hall–Kier alpha value is -1.84. The molecule has 76 valence electrons. The summed E-state index contributed by atoms with van der Waals surface area (Å²) in [5.74, 6) is 2.06. The molecule has 1 aliphatic heterocycles. The van der Waals surface area contributed by atoms with Crippen molar-refractivity contribution in [1.82, 2.24) is 14.5 Å². The lowest BCUT2D eigenvalue weighted by Crippen LogP contribution is -2.17. The van der Waals surface area contributed by atoms with E-state index >= 15 is 0 Å². The van der Waals surface area contributed by atoms with Crippen LogP contribution in [0.25, 0.3) is 11.5 Å². The quantitative estimate of drug-likeness (QED) is 0.762. The number of aromatic nitrogens is 3. The van der Waals surface area contributed by atoms with Gasteiger partial charge in [0.2, 0.25) is 0 Å². The molecule has 4 nitrogen and oxygen atoms in total. The Morgan fingerprint density at radius 1 is 1.27 bits per heavy atom. The van der Waals surface area contributed by atoms with Crippen LogP contribution in [-0.4, -0.2) is 21.1 Å². The number of hydrogen-bond donors (Lipinski definition) is 1. The average molecular weight is 200 g/mol. The van der Waals surface area contributed by atoms with Gasteiger partial charge in [-0.05, 0) is 18.6 Å². The van der Waals surface area contributed by atoms with Gasteiger partial charge in [0.05, 0.1) is 6.20 Å². The van der Waals surface area contributed by atoms with E-state index in [0.717, 1.165) is 36.8 Å². The Bertz CT molecular complexity index is 461. The fourth-order valence-corrected chi connectivity index (χ4v) is 1.90. The zero-order chi connectivity index (χ0) is 10.1. The first-order valence-electron chi connectivity index (χ1n) is 5.16. The summed E-state index contributed by atoms with van der Waals surface area (Å²) in [6.07, 6.45) is 4.82. The van der Waals surface area contributed by atoms with Crippen molar-refractivity contribution in [1.29, 1.82) is 0 Å². The van der Waals surface area contributed by atoms with Crippen LogP contribution in [0.4, 0.5) is 5.82 Å². The summed E-state index contributed by atoms with van der Waals surface area (Å²) < 4.78 is 2.19. The summed E-state index contributed by atoms with van der Waals surface area (Å²) in [5, 5.41) is 3.33. The van der Waals surface area contributed by atoms with Crippen molar-refractivity contribution >= 4 is 5.82 Å². The molecule has 0 spiro atoms. The zero-order valence-electron chi connectivity index (χ0n) is 8.35. The van der Waals surface area contributed by atoms with E-state index in [4.69, 9.17) is 0 Å². The lowest BCUT2D eigenvalue weighted by Gasteiger charge is -2.17. The molecule has 0 aliphatic carbocycles. The van der Waals surface area contributed by atoms with Crippen LogP contribution in [0.2, 0.25) is 0 Å². The number of rotatable bonds is 1. The van der Waals surface area contributed by atoms with E-state index in [1.165, 1.54) is 0 Å². The minimum Gasteiger partial charge on any atom is -0.370 e. The van der Waals surface area contributed by atoms with Gasteiger partial charge in [-0.3, -0.25) is 4.98 Å². The average Bonchev–Trinajstić information content (AvgIpc) is 2.74. The van der Waals surface area contributed by atoms with E-state index in [2.05, 4.69) is 19.9 Å². The third kappa shape index (κ3) is 1.38. The summed E-state index contributed by atoms with van der Waals surface area (Å²) >= 11 is 0. The molecule has 3 rings (SSSR count). The van der Waals surface area contributed by atoms with Gasteiger partial charge in [-0.2, -0.15) is 0 Å². The van der Waals surface area contributed by atoms with Crippen LogP contribution < -0.4 is 5.32 Å². The topological polar surface area (TPSA) is 42.7 Å². The van der Waals surface area contributed by atoms with Crippen LogP contribution in [0, 0.1) is 0 Å². The largest absolute Gasteiger partial charge is 0.370 e. The molecule has 0 saturated carbocycles. The molecule has 1 aliphatic rings. The maximum Gasteiger partial charge on any atom is 0.160 e. The van der Waals surface area contributed by atoms with Crippen LogP contribution >= 0.6 is 0 Å². The molecule has 2 aromatic rings. The molecule has 0 aromatic carbocycles. The number of imidazole rings is 1. The smallest absolute Gasteiger partial charge is 0.160 e. The Morgan fingerprint density at radius 2 is 2.27 bits per heavy atom. The first-order valence-corrected chi connectivity index (χ1v) is 5.16. The van der Waals surface area contributed by atoms with E-state index in [9.17, 15) is 0 Å². The molecule has 15 heavy (non-hydrogen) atoms. The molecule has 1 N–H and O–H groups in total. The second kappa shape index (κ2) is 3.38. The van der Waals surface area contributed by atoms with Crippen LogP contribution in [0.3, 0.4) is 0 Å². The second-order valence-corrected chi connectivity index (χ2v) is 3.61. The van der Waals surface area contributed by atoms with Crippen LogP contribution in [-0.2, 0) is 6.54 Å². The maximum absolute atomic E-state index is 4.41. The highest BCUT2D eigenvalue weighted by Crippen LogP contribution is 2.23. The predicted octanol–water partition coefficient (Wildman–Crippen LogP) is 1.76. The molecular weight excluding hydrogens is 188 g/mol. The van der Waals surface area contributed by atoms with Crippen molar-refractivity contribution in [3.8, 4) is 11.5 Å². The Kier molecular flexibility index (Phi) is 1.91. The summed E-state index contributed by atoms with van der Waals surface area (Å²) in [5.41, 5.74) is 0.937. The van der Waals surface area contributed by atoms with Gasteiger partial charge < -0.3 is 9.88 Å². The van der Waals surface area contributed by atoms with Crippen LogP contribution in [0.5, 0.6) is 0 Å². The van der Waals surface area contributed by atoms with Gasteiger partial charge in [0.25, 0.3) is 0 Å². The number of fused-ring (bicyclic) bond motifs is 1. The Balaban J connectivity index is 2.09. The maximum atomic E-state index is 4.41. The number of anilines is 1. The molecule has 0 atom stereocenters. The van der Waals surface area contributed by atoms with Crippen molar-refractivity contribution in [2.45, 2.75) is 13.0 Å². The van der Waals surface area contributed by atoms with Gasteiger partial charge in [0.15, 0.2) is 5.82 Å². The summed E-state index contributed by atoms with van der Waals surface area (Å²) in [4.78, 5) is 8.72. The normalized spacial score (nSPS) is 14.4. The lowest BCUT2D eigenvalue weighted by atomic mass is 10.3. The van der Waals surface area contributed by atoms with Gasteiger partial charge in [-0.25, -0.2) is 4.98 Å². The van der Waals surface area contributed by atoms with Crippen molar-refractivity contribution in [2.75, 3.05) is 11.9 Å². The van der Waals surface area contributed by atoms with Gasteiger partial charge >= 0.3 is 0 Å². The standard InChI is InChI=1S/C11H12N4/c1-2-5-12-9(4-1)11-14-8-10-13-6-3-7-15(10)11/h1-2,4-5,8,13H,3,6-7H2. The third-order valence-corrected chi connectivity index (χ3v) is 2.61. The minimum absolute atomic E-state index is 0.937. The highest BCUT2D eigenvalue weighted by Gasteiger charge is 2.14. The van der Waals surface area contributed by atoms with Gasteiger partial charge in [-0.1, -0.05) is 6.07 Å². The molecule has 0 unspecified atom stereocenters. The minimum atomic E-state index is 0.937. The molecule has 0 saturated heterocycles. The van der Waals surface area contributed by atoms with Crippen molar-refractivity contribution in [3.63, 3.8) is 0 Å². The second-order valence-electron chi connectivity index (χ2n) is 3.61. The number of pyridine rings is 1. The van der Waals surface area contributed by atoms with Crippen molar-refractivity contribution in [3.05, 3.63) is 30.6 Å². The van der Waals surface area contributed by atoms with Crippen LogP contribution in [0.15, 0.2) is 30.6 Å². The fourth-order valence-electron chi connectivity index (χ4n) is 1.90. The summed E-state index contributed by atoms with van der Waals surface area (Å²) in [6, 6.07) is 5.90. The van der Waals surface area contributed by atoms with Crippen LogP contribution in [0.1, 0.15) is 6.42 Å². The summed E-state index contributed by atoms with van der Waals surface area (Å²) in [7, 11) is 0. The van der Waals surface area contributed by atoms with E-state index in [0.29, 0.717) is 0 Å². The first kappa shape index (κ1) is 8.47. The molecule has 4 heteroatoms. The Labute approximate surface area is 88.0 Å². The molecule has 0 bridgehead atoms. The van der Waals surface area contributed by atoms with Crippen molar-refractivity contribution in [2.24, 2.45) is 0 Å². The molecule has 2 aromatic heterocycles. The number of nitrogens with one attached hydrogen (secondary N) is 1. The molecule has 0 radical (unpaired) electrons. The molecule has 0 amide bonds. The monoisotopic (exact) mass is 200 g/mol. The van der Waals surface area contributed by atoms with Gasteiger partial charge in [-0.15, -0.1) is 0 Å². The van der Waals surface area contributed by atoms with Gasteiger partial charge in [0.1, 0.15) is 11.5 Å². The third-order valence-electron chi connectivity index (χ3n) is 2.61. The zero-order valence-corrected chi connectivity index (χ0v) is 8.35. The number of hydrogen-bond acceptors (Lipinski definition) is 3.